The second kappa shape index (κ2) is 10.1. The van der Waals surface area contributed by atoms with Crippen LogP contribution in [0.2, 0.25) is 0 Å². The minimum absolute atomic E-state index is 0.0253. The van der Waals surface area contributed by atoms with Gasteiger partial charge in [0.05, 0.1) is 6.10 Å². The smallest absolute Gasteiger partial charge is 0.129 e. The van der Waals surface area contributed by atoms with Gasteiger partial charge in [0.25, 0.3) is 0 Å². The minimum Gasteiger partial charge on any atom is -0.372 e. The molecule has 152 valence electrons. The van der Waals surface area contributed by atoms with Crippen LogP contribution in [0, 0.1) is 25.5 Å². The molecule has 1 saturated heterocycles. The van der Waals surface area contributed by atoms with E-state index in [1.807, 2.05) is 0 Å². The van der Waals surface area contributed by atoms with Crippen LogP contribution in [0.25, 0.3) is 0 Å². The number of halogens is 2. The molecule has 1 heterocycles. The lowest BCUT2D eigenvalue weighted by Gasteiger charge is -2.32. The Morgan fingerprint density at radius 3 is 2.39 bits per heavy atom. The number of likely N-dealkylation sites (tertiary alicyclic amines) is 1. The Kier molecular flexibility index (Phi) is 7.57. The van der Waals surface area contributed by atoms with Crippen LogP contribution < -0.4 is 0 Å². The van der Waals surface area contributed by atoms with E-state index in [0.717, 1.165) is 25.7 Å². The number of hydrogen-bond acceptors (Lipinski definition) is 2. The van der Waals surface area contributed by atoms with Crippen molar-refractivity contribution < 1.29 is 13.5 Å². The molecule has 1 unspecified atom stereocenters. The van der Waals surface area contributed by atoms with Crippen LogP contribution in [-0.2, 0) is 11.2 Å². The molecule has 2 aromatic carbocycles. The van der Waals surface area contributed by atoms with E-state index in [0.29, 0.717) is 25.0 Å². The second-order valence-electron chi connectivity index (χ2n) is 7.87. The second-order valence-corrected chi connectivity index (χ2v) is 7.87. The summed E-state index contributed by atoms with van der Waals surface area (Å²) in [4.78, 5) is 2.50. The fraction of sp³-hybridized carbons (Fsp3) is 0.500. The third-order valence-electron chi connectivity index (χ3n) is 5.66. The van der Waals surface area contributed by atoms with Crippen LogP contribution in [0.4, 0.5) is 8.78 Å². The highest BCUT2D eigenvalue weighted by Gasteiger charge is 2.21. The van der Waals surface area contributed by atoms with Gasteiger partial charge < -0.3 is 9.64 Å². The number of hydrogen-bond donors (Lipinski definition) is 0. The first-order chi connectivity index (χ1) is 13.5. The highest BCUT2D eigenvalue weighted by molar-refractivity contribution is 5.35. The molecule has 1 fully saturated rings. The van der Waals surface area contributed by atoms with Crippen molar-refractivity contribution in [1.29, 1.82) is 0 Å². The maximum absolute atomic E-state index is 13.8. The molecule has 0 amide bonds. The van der Waals surface area contributed by atoms with E-state index < -0.39 is 11.6 Å². The Balaban J connectivity index is 1.63. The minimum atomic E-state index is -0.533. The number of benzene rings is 2. The molecule has 0 bridgehead atoms. The molecule has 2 aromatic rings. The predicted molar refractivity (Wildman–Crippen MR) is 110 cm³/mol. The van der Waals surface area contributed by atoms with Gasteiger partial charge in [0.1, 0.15) is 11.6 Å². The highest BCUT2D eigenvalue weighted by Crippen LogP contribution is 2.27. The molecule has 0 spiro atoms. The zero-order valence-corrected chi connectivity index (χ0v) is 17.0. The normalized spacial score (nSPS) is 16.3. The summed E-state index contributed by atoms with van der Waals surface area (Å²) >= 11 is 0. The van der Waals surface area contributed by atoms with Gasteiger partial charge in [-0.3, -0.25) is 0 Å². The van der Waals surface area contributed by atoms with Crippen LogP contribution in [0.1, 0.15) is 54.0 Å². The van der Waals surface area contributed by atoms with Gasteiger partial charge >= 0.3 is 0 Å². The van der Waals surface area contributed by atoms with Crippen LogP contribution in [0.5, 0.6) is 0 Å². The van der Waals surface area contributed by atoms with Crippen molar-refractivity contribution in [1.82, 2.24) is 4.90 Å². The number of aryl methyl sites for hydroxylation is 3. The quantitative estimate of drug-likeness (QED) is 0.534. The molecule has 0 aliphatic carbocycles. The number of ether oxygens (including phenoxy) is 1. The average Bonchev–Trinajstić information content (AvgIpc) is 2.67. The monoisotopic (exact) mass is 387 g/mol. The third-order valence-corrected chi connectivity index (χ3v) is 5.66. The van der Waals surface area contributed by atoms with Gasteiger partial charge in [-0.05, 0) is 80.9 Å². The van der Waals surface area contributed by atoms with Gasteiger partial charge in [-0.15, -0.1) is 0 Å². The van der Waals surface area contributed by atoms with Crippen LogP contribution >= 0.6 is 0 Å². The fourth-order valence-electron chi connectivity index (χ4n) is 4.15. The Labute approximate surface area is 167 Å². The molecule has 0 aromatic heterocycles. The molecule has 1 aliphatic rings. The molecular weight excluding hydrogens is 356 g/mol. The first kappa shape index (κ1) is 20.9. The molecule has 4 heteroatoms. The van der Waals surface area contributed by atoms with E-state index in [2.05, 4.69) is 36.9 Å². The zero-order chi connectivity index (χ0) is 19.9. The first-order valence-corrected chi connectivity index (χ1v) is 10.4. The molecule has 3 rings (SSSR count). The Hall–Kier alpha value is -1.78. The summed E-state index contributed by atoms with van der Waals surface area (Å²) in [6.07, 6.45) is 5.11. The molecule has 0 radical (unpaired) electrons. The Morgan fingerprint density at radius 2 is 1.71 bits per heavy atom. The van der Waals surface area contributed by atoms with Crippen molar-refractivity contribution in [2.75, 3.05) is 26.2 Å². The summed E-state index contributed by atoms with van der Waals surface area (Å²) in [6, 6.07) is 10.2. The summed E-state index contributed by atoms with van der Waals surface area (Å²) in [5.41, 5.74) is 4.34. The Bertz CT molecular complexity index is 751. The first-order valence-electron chi connectivity index (χ1n) is 10.4. The summed E-state index contributed by atoms with van der Waals surface area (Å²) < 4.78 is 33.2. The summed E-state index contributed by atoms with van der Waals surface area (Å²) in [7, 11) is 0. The molecule has 1 aliphatic heterocycles. The molecule has 1 atom stereocenters. The van der Waals surface area contributed by atoms with Gasteiger partial charge in [0.2, 0.25) is 0 Å². The van der Waals surface area contributed by atoms with E-state index in [9.17, 15) is 8.78 Å². The summed E-state index contributed by atoms with van der Waals surface area (Å²) in [5.74, 6) is -1.01. The molecule has 0 N–H and O–H groups in total. The van der Waals surface area contributed by atoms with Crippen molar-refractivity contribution >= 4 is 0 Å². The highest BCUT2D eigenvalue weighted by atomic mass is 19.1. The molecule has 28 heavy (non-hydrogen) atoms. The maximum Gasteiger partial charge on any atom is 0.129 e. The van der Waals surface area contributed by atoms with Crippen molar-refractivity contribution in [2.45, 2.75) is 52.1 Å². The average molecular weight is 388 g/mol. The van der Waals surface area contributed by atoms with E-state index in [-0.39, 0.29) is 6.10 Å². The van der Waals surface area contributed by atoms with Gasteiger partial charge in [-0.1, -0.05) is 30.7 Å². The van der Waals surface area contributed by atoms with Crippen molar-refractivity contribution in [2.24, 2.45) is 0 Å². The zero-order valence-electron chi connectivity index (χ0n) is 17.0. The SMILES string of the molecule is Cc1cccc(C)c1C(CN1CCCCC1)OCCCc1ccc(F)cc1F. The topological polar surface area (TPSA) is 12.5 Å². The maximum atomic E-state index is 13.8. The standard InChI is InChI=1S/C24H31F2NO/c1-18-8-6-9-19(2)24(18)23(17-27-13-4-3-5-14-27)28-15-7-10-20-11-12-21(25)16-22(20)26/h6,8-9,11-12,16,23H,3-5,7,10,13-15,17H2,1-2H3. The third kappa shape index (κ3) is 5.62. The van der Waals surface area contributed by atoms with Crippen molar-refractivity contribution in [3.63, 3.8) is 0 Å². The summed E-state index contributed by atoms with van der Waals surface area (Å²) in [5, 5.41) is 0. The number of nitrogens with zero attached hydrogens (tertiary/aromatic N) is 1. The van der Waals surface area contributed by atoms with Crippen molar-refractivity contribution in [3.8, 4) is 0 Å². The fourth-order valence-corrected chi connectivity index (χ4v) is 4.15. The predicted octanol–water partition coefficient (Wildman–Crippen LogP) is 5.76. The van der Waals surface area contributed by atoms with Crippen molar-refractivity contribution in [3.05, 3.63) is 70.3 Å². The molecule has 0 saturated carbocycles. The lowest BCUT2D eigenvalue weighted by atomic mass is 9.97. The van der Waals surface area contributed by atoms with E-state index in [1.54, 1.807) is 0 Å². The van der Waals surface area contributed by atoms with E-state index in [4.69, 9.17) is 4.74 Å². The van der Waals surface area contributed by atoms with Gasteiger partial charge in [0.15, 0.2) is 0 Å². The van der Waals surface area contributed by atoms with E-state index >= 15 is 0 Å². The van der Waals surface area contributed by atoms with Gasteiger partial charge in [-0.25, -0.2) is 8.78 Å². The van der Waals surface area contributed by atoms with Crippen LogP contribution in [-0.4, -0.2) is 31.1 Å². The lowest BCUT2D eigenvalue weighted by Crippen LogP contribution is -2.34. The summed E-state index contributed by atoms with van der Waals surface area (Å²) in [6.45, 7) is 8.00. The van der Waals surface area contributed by atoms with Crippen LogP contribution in [0.3, 0.4) is 0 Å². The lowest BCUT2D eigenvalue weighted by molar-refractivity contribution is 0.0188. The molecule has 2 nitrogen and oxygen atoms in total. The molecular formula is C24H31F2NO. The van der Waals surface area contributed by atoms with Crippen LogP contribution in [0.15, 0.2) is 36.4 Å². The van der Waals surface area contributed by atoms with Gasteiger partial charge in [-0.2, -0.15) is 0 Å². The largest absolute Gasteiger partial charge is 0.372 e. The van der Waals surface area contributed by atoms with E-state index in [1.165, 1.54) is 48.1 Å². The Morgan fingerprint density at radius 1 is 1.00 bits per heavy atom. The number of piperidine rings is 1. The van der Waals surface area contributed by atoms with Gasteiger partial charge in [0, 0.05) is 19.2 Å². The number of rotatable bonds is 8.